The minimum Gasteiger partial charge on any atom is -0.493 e. The van der Waals surface area contributed by atoms with Gasteiger partial charge in [0.25, 0.3) is 0 Å². The highest BCUT2D eigenvalue weighted by atomic mass is 35.5. The van der Waals surface area contributed by atoms with Crippen LogP contribution in [-0.4, -0.2) is 38.2 Å². The van der Waals surface area contributed by atoms with Gasteiger partial charge in [-0.25, -0.2) is 0 Å². The van der Waals surface area contributed by atoms with Gasteiger partial charge in [-0.3, -0.25) is 4.79 Å². The molecule has 1 fully saturated rings. The zero-order valence-electron chi connectivity index (χ0n) is 17.2. The summed E-state index contributed by atoms with van der Waals surface area (Å²) in [4.78, 5) is 14.8. The van der Waals surface area contributed by atoms with Crippen LogP contribution in [0, 0.1) is 6.92 Å². The van der Waals surface area contributed by atoms with Crippen LogP contribution in [0.1, 0.15) is 42.9 Å². The summed E-state index contributed by atoms with van der Waals surface area (Å²) >= 11 is 5.97. The number of aryl methyl sites for hydroxylation is 1. The lowest BCUT2D eigenvalue weighted by Crippen LogP contribution is -2.30. The van der Waals surface area contributed by atoms with Crippen molar-refractivity contribution in [3.63, 3.8) is 0 Å². The van der Waals surface area contributed by atoms with Crippen molar-refractivity contribution in [2.45, 2.75) is 38.6 Å². The van der Waals surface area contributed by atoms with Gasteiger partial charge in [0, 0.05) is 18.0 Å². The molecule has 1 heterocycles. The minimum atomic E-state index is 0.0849. The molecule has 0 bridgehead atoms. The fourth-order valence-corrected chi connectivity index (χ4v) is 4.02. The van der Waals surface area contributed by atoms with Crippen molar-refractivity contribution in [3.05, 3.63) is 52.5 Å². The van der Waals surface area contributed by atoms with E-state index in [1.54, 1.807) is 14.2 Å². The second-order valence-electron chi connectivity index (χ2n) is 7.22. The van der Waals surface area contributed by atoms with Crippen LogP contribution in [0.4, 0.5) is 0 Å². The maximum atomic E-state index is 12.8. The Morgan fingerprint density at radius 1 is 1.10 bits per heavy atom. The number of benzene rings is 2. The third kappa shape index (κ3) is 5.15. The fourth-order valence-electron chi connectivity index (χ4n) is 3.80. The molecule has 2 aromatic rings. The van der Waals surface area contributed by atoms with Gasteiger partial charge in [0.1, 0.15) is 5.75 Å². The Bertz CT molecular complexity index is 855. The molecule has 3 rings (SSSR count). The molecule has 1 aliphatic rings. The molecule has 1 saturated heterocycles. The zero-order chi connectivity index (χ0) is 20.8. The normalized spacial score (nSPS) is 16.0. The maximum Gasteiger partial charge on any atom is 0.223 e. The number of hydrogen-bond acceptors (Lipinski definition) is 4. The highest BCUT2D eigenvalue weighted by Crippen LogP contribution is 2.37. The number of carbonyl (C=O) groups excluding carboxylic acids is 1. The van der Waals surface area contributed by atoms with E-state index >= 15 is 0 Å². The van der Waals surface area contributed by atoms with E-state index in [-0.39, 0.29) is 11.9 Å². The largest absolute Gasteiger partial charge is 0.493 e. The van der Waals surface area contributed by atoms with Crippen LogP contribution < -0.4 is 14.2 Å². The Labute approximate surface area is 177 Å². The second-order valence-corrected chi connectivity index (χ2v) is 7.66. The lowest BCUT2D eigenvalue weighted by molar-refractivity contribution is -0.132. The number of halogens is 1. The minimum absolute atomic E-state index is 0.0849. The molecule has 5 nitrogen and oxygen atoms in total. The Morgan fingerprint density at radius 2 is 1.86 bits per heavy atom. The zero-order valence-corrected chi connectivity index (χ0v) is 18.0. The third-order valence-electron chi connectivity index (χ3n) is 5.30. The standard InChI is InChI=1S/C23H28ClNO4/c1-16-14-18(24)9-11-20(16)29-13-5-7-23(26)25-12-4-6-19(25)17-8-10-21(27-2)22(15-17)28-3/h8-11,14-15,19H,4-7,12-13H2,1-3H3. The molecule has 1 aliphatic heterocycles. The molecule has 2 aromatic carbocycles. The smallest absolute Gasteiger partial charge is 0.223 e. The van der Waals surface area contributed by atoms with E-state index in [4.69, 9.17) is 25.8 Å². The predicted octanol–water partition coefficient (Wildman–Crippen LogP) is 5.19. The van der Waals surface area contributed by atoms with Gasteiger partial charge in [-0.1, -0.05) is 17.7 Å². The van der Waals surface area contributed by atoms with Crippen LogP contribution in [0.25, 0.3) is 0 Å². The average Bonchev–Trinajstić information content (AvgIpc) is 3.21. The van der Waals surface area contributed by atoms with Crippen LogP contribution in [0.2, 0.25) is 5.02 Å². The first-order chi connectivity index (χ1) is 14.0. The highest BCUT2D eigenvalue weighted by molar-refractivity contribution is 6.30. The first-order valence-electron chi connectivity index (χ1n) is 9.94. The number of ether oxygens (including phenoxy) is 3. The first-order valence-corrected chi connectivity index (χ1v) is 10.3. The molecule has 0 aromatic heterocycles. The van der Waals surface area contributed by atoms with E-state index in [1.165, 1.54) is 0 Å². The molecule has 1 atom stereocenters. The second kappa shape index (κ2) is 9.88. The highest BCUT2D eigenvalue weighted by Gasteiger charge is 2.30. The molecular formula is C23H28ClNO4. The van der Waals surface area contributed by atoms with Crippen molar-refractivity contribution in [1.29, 1.82) is 0 Å². The first kappa shape index (κ1) is 21.3. The van der Waals surface area contributed by atoms with Gasteiger partial charge in [0.2, 0.25) is 5.91 Å². The Balaban J connectivity index is 1.56. The number of rotatable bonds is 8. The number of nitrogens with zero attached hydrogens (tertiary/aromatic N) is 1. The molecule has 0 spiro atoms. The maximum absolute atomic E-state index is 12.8. The van der Waals surface area contributed by atoms with Crippen molar-refractivity contribution < 1.29 is 19.0 Å². The van der Waals surface area contributed by atoms with Gasteiger partial charge < -0.3 is 19.1 Å². The number of methoxy groups -OCH3 is 2. The SMILES string of the molecule is COc1ccc(C2CCCN2C(=O)CCCOc2ccc(Cl)cc2C)cc1OC. The van der Waals surface area contributed by atoms with Gasteiger partial charge in [-0.05, 0) is 67.6 Å². The van der Waals surface area contributed by atoms with Crippen LogP contribution in [-0.2, 0) is 4.79 Å². The third-order valence-corrected chi connectivity index (χ3v) is 5.53. The predicted molar refractivity (Wildman–Crippen MR) is 114 cm³/mol. The van der Waals surface area contributed by atoms with Gasteiger partial charge >= 0.3 is 0 Å². The van der Waals surface area contributed by atoms with E-state index in [9.17, 15) is 4.79 Å². The van der Waals surface area contributed by atoms with Crippen molar-refractivity contribution >= 4 is 17.5 Å². The molecule has 29 heavy (non-hydrogen) atoms. The summed E-state index contributed by atoms with van der Waals surface area (Å²) < 4.78 is 16.5. The van der Waals surface area contributed by atoms with Crippen molar-refractivity contribution in [2.75, 3.05) is 27.4 Å². The van der Waals surface area contributed by atoms with E-state index in [1.807, 2.05) is 48.2 Å². The summed E-state index contributed by atoms with van der Waals surface area (Å²) in [5, 5.41) is 0.695. The van der Waals surface area contributed by atoms with Gasteiger partial charge in [0.05, 0.1) is 26.9 Å². The Kier molecular flexibility index (Phi) is 7.26. The van der Waals surface area contributed by atoms with Crippen molar-refractivity contribution in [3.8, 4) is 17.2 Å². The Hall–Kier alpha value is -2.40. The monoisotopic (exact) mass is 417 g/mol. The quantitative estimate of drug-likeness (QED) is 0.554. The molecule has 1 unspecified atom stereocenters. The summed E-state index contributed by atoms with van der Waals surface area (Å²) in [6.45, 7) is 3.25. The molecule has 6 heteroatoms. The van der Waals surface area contributed by atoms with Gasteiger partial charge in [0.15, 0.2) is 11.5 Å². The molecule has 156 valence electrons. The summed E-state index contributed by atoms with van der Waals surface area (Å²) in [7, 11) is 3.25. The number of carbonyl (C=O) groups is 1. The summed E-state index contributed by atoms with van der Waals surface area (Å²) in [5.41, 5.74) is 2.08. The van der Waals surface area contributed by atoms with Crippen LogP contribution in [0.15, 0.2) is 36.4 Å². The lowest BCUT2D eigenvalue weighted by Gasteiger charge is -2.26. The fraction of sp³-hybridized carbons (Fsp3) is 0.435. The molecule has 0 radical (unpaired) electrons. The van der Waals surface area contributed by atoms with E-state index in [2.05, 4.69) is 0 Å². The van der Waals surface area contributed by atoms with Crippen LogP contribution >= 0.6 is 11.6 Å². The topological polar surface area (TPSA) is 48.0 Å². The van der Waals surface area contributed by atoms with Gasteiger partial charge in [-0.15, -0.1) is 0 Å². The summed E-state index contributed by atoms with van der Waals surface area (Å²) in [6, 6.07) is 11.5. The summed E-state index contributed by atoms with van der Waals surface area (Å²) in [6.07, 6.45) is 3.11. The Morgan fingerprint density at radius 3 is 2.59 bits per heavy atom. The van der Waals surface area contributed by atoms with Crippen LogP contribution in [0.5, 0.6) is 17.2 Å². The number of likely N-dealkylation sites (tertiary alicyclic amines) is 1. The van der Waals surface area contributed by atoms with Crippen LogP contribution in [0.3, 0.4) is 0 Å². The molecule has 1 amide bonds. The number of hydrogen-bond donors (Lipinski definition) is 0. The molecular weight excluding hydrogens is 390 g/mol. The molecule has 0 saturated carbocycles. The average molecular weight is 418 g/mol. The van der Waals surface area contributed by atoms with E-state index in [0.717, 1.165) is 36.3 Å². The summed E-state index contributed by atoms with van der Waals surface area (Å²) in [5.74, 6) is 2.36. The van der Waals surface area contributed by atoms with E-state index in [0.29, 0.717) is 36.0 Å². The van der Waals surface area contributed by atoms with Crippen molar-refractivity contribution in [2.24, 2.45) is 0 Å². The number of amides is 1. The van der Waals surface area contributed by atoms with E-state index < -0.39 is 0 Å². The molecule has 0 N–H and O–H groups in total. The van der Waals surface area contributed by atoms with Crippen molar-refractivity contribution in [1.82, 2.24) is 4.90 Å². The molecule has 0 aliphatic carbocycles. The van der Waals surface area contributed by atoms with Gasteiger partial charge in [-0.2, -0.15) is 0 Å². The lowest BCUT2D eigenvalue weighted by atomic mass is 10.0.